The first-order valence-electron chi connectivity index (χ1n) is 4.15. The van der Waals surface area contributed by atoms with Gasteiger partial charge in [0.25, 0.3) is 0 Å². The lowest BCUT2D eigenvalue weighted by atomic mass is 10.0. The van der Waals surface area contributed by atoms with E-state index in [1.54, 1.807) is 0 Å². The van der Waals surface area contributed by atoms with E-state index in [2.05, 4.69) is 0 Å². The largest absolute Gasteiger partial charge is 0.395 e. The van der Waals surface area contributed by atoms with Crippen molar-refractivity contribution in [2.45, 2.75) is 24.3 Å². The number of nitrogens with two attached hydrogens (primary N) is 1. The number of carbonyl (C=O) groups is 1. The van der Waals surface area contributed by atoms with Gasteiger partial charge in [0, 0.05) is 0 Å². The van der Waals surface area contributed by atoms with Crippen LogP contribution >= 0.6 is 0 Å². The zero-order chi connectivity index (χ0) is 12.9. The third-order valence-corrected chi connectivity index (χ3v) is 2.37. The molecule has 0 rings (SSSR count). The highest BCUT2D eigenvalue weighted by Gasteiger charge is 2.32. The number of nitrogens with one attached hydrogen (secondary N) is 1. The highest BCUT2D eigenvalue weighted by molar-refractivity contribution is 7.83. The van der Waals surface area contributed by atoms with Crippen molar-refractivity contribution in [3.05, 3.63) is 0 Å². The molecule has 0 aromatic heterocycles. The van der Waals surface area contributed by atoms with Gasteiger partial charge >= 0.3 is 10.3 Å². The summed E-state index contributed by atoms with van der Waals surface area (Å²) >= 11 is 0. The highest BCUT2D eigenvalue weighted by Crippen LogP contribution is 2.03. The molecule has 0 radical (unpaired) electrons. The predicted octanol–water partition coefficient (Wildman–Crippen LogP) is -4.01. The lowest BCUT2D eigenvalue weighted by Gasteiger charge is -2.25. The van der Waals surface area contributed by atoms with Crippen molar-refractivity contribution in [1.29, 1.82) is 0 Å². The summed E-state index contributed by atoms with van der Waals surface area (Å²) in [6, 6.07) is -3.01. The fourth-order valence-electron chi connectivity index (χ4n) is 0.924. The molecule has 0 aliphatic carbocycles. The minimum atomic E-state index is -4.70. The fourth-order valence-corrected chi connectivity index (χ4v) is 1.46. The smallest absolute Gasteiger partial charge is 0.334 e. The van der Waals surface area contributed by atoms with Crippen molar-refractivity contribution in [3.8, 4) is 0 Å². The molecule has 7 N–H and O–H groups in total. The Hall–Kier alpha value is -0.620. The molecule has 0 saturated heterocycles. The molecule has 0 fully saturated rings. The van der Waals surface area contributed by atoms with Gasteiger partial charge in [-0.1, -0.05) is 0 Å². The van der Waals surface area contributed by atoms with Crippen LogP contribution in [-0.2, 0) is 15.1 Å². The van der Waals surface area contributed by atoms with Crippen LogP contribution in [0.3, 0.4) is 0 Å². The maximum absolute atomic E-state index is 10.4. The van der Waals surface area contributed by atoms with E-state index in [1.165, 1.54) is 4.72 Å². The Morgan fingerprint density at radius 2 is 1.81 bits per heavy atom. The first kappa shape index (κ1) is 15.4. The number of carbonyl (C=O) groups excluding carboxylic acids is 1. The molecule has 0 aliphatic rings. The van der Waals surface area contributed by atoms with Crippen molar-refractivity contribution in [2.75, 3.05) is 6.61 Å². The fraction of sp³-hybridized carbons (Fsp3) is 0.833. The summed E-state index contributed by atoms with van der Waals surface area (Å²) in [7, 11) is -4.70. The Morgan fingerprint density at radius 3 is 2.12 bits per heavy atom. The lowest BCUT2D eigenvalue weighted by molar-refractivity contribution is -0.114. The molecular weight excluding hydrogens is 244 g/mol. The van der Waals surface area contributed by atoms with Gasteiger partial charge in [0.15, 0.2) is 0 Å². The Morgan fingerprint density at radius 1 is 1.31 bits per heavy atom. The molecule has 0 amide bonds. The third-order valence-electron chi connectivity index (χ3n) is 1.80. The van der Waals surface area contributed by atoms with Crippen LogP contribution in [0.2, 0.25) is 0 Å². The van der Waals surface area contributed by atoms with Crippen molar-refractivity contribution in [2.24, 2.45) is 5.73 Å². The van der Waals surface area contributed by atoms with Crippen LogP contribution in [0, 0.1) is 0 Å². The SMILES string of the molecule is N[C@@H](CO)[C@@H](O)[C@H](O)[C@@H](C=O)NS(=O)(=O)O. The minimum Gasteiger partial charge on any atom is -0.395 e. The molecule has 0 spiro atoms. The summed E-state index contributed by atoms with van der Waals surface area (Å²) in [5, 5.41) is 27.2. The van der Waals surface area contributed by atoms with Crippen LogP contribution in [0.1, 0.15) is 0 Å². The minimum absolute atomic E-state index is 0.0221. The lowest BCUT2D eigenvalue weighted by Crippen LogP contribution is -2.55. The first-order valence-corrected chi connectivity index (χ1v) is 5.59. The molecule has 16 heavy (non-hydrogen) atoms. The van der Waals surface area contributed by atoms with E-state index in [9.17, 15) is 23.4 Å². The normalized spacial score (nSPS) is 19.8. The van der Waals surface area contributed by atoms with Gasteiger partial charge < -0.3 is 25.8 Å². The number of aldehydes is 1. The maximum Gasteiger partial charge on any atom is 0.334 e. The van der Waals surface area contributed by atoms with E-state index in [-0.39, 0.29) is 6.29 Å². The molecule has 96 valence electrons. The number of rotatable bonds is 7. The molecule has 0 unspecified atom stereocenters. The van der Waals surface area contributed by atoms with Crippen molar-refractivity contribution in [1.82, 2.24) is 4.72 Å². The van der Waals surface area contributed by atoms with E-state index >= 15 is 0 Å². The van der Waals surface area contributed by atoms with Crippen LogP contribution in [0.4, 0.5) is 0 Å². The van der Waals surface area contributed by atoms with Gasteiger partial charge in [0.05, 0.1) is 18.8 Å². The van der Waals surface area contributed by atoms with Crippen molar-refractivity contribution < 1.29 is 33.1 Å². The second-order valence-electron chi connectivity index (χ2n) is 3.08. The Bertz CT molecular complexity index is 319. The molecule has 0 aromatic carbocycles. The van der Waals surface area contributed by atoms with Gasteiger partial charge in [-0.2, -0.15) is 13.1 Å². The van der Waals surface area contributed by atoms with E-state index in [0.717, 1.165) is 0 Å². The summed E-state index contributed by atoms with van der Waals surface area (Å²) in [5.74, 6) is 0. The Balaban J connectivity index is 4.65. The van der Waals surface area contributed by atoms with E-state index in [4.69, 9.17) is 15.4 Å². The quantitative estimate of drug-likeness (QED) is 0.198. The van der Waals surface area contributed by atoms with Crippen LogP contribution < -0.4 is 10.5 Å². The standard InChI is InChI=1S/C6H14N2O7S/c7-3(1-9)5(11)6(12)4(2-10)8-16(13,14)15/h2-6,8-9,11-12H,1,7H2,(H,13,14,15)/t3-,4+,5+,6+/m0/s1. The van der Waals surface area contributed by atoms with Crippen molar-refractivity contribution >= 4 is 16.6 Å². The van der Waals surface area contributed by atoms with Crippen molar-refractivity contribution in [3.63, 3.8) is 0 Å². The summed E-state index contributed by atoms with van der Waals surface area (Å²) < 4.78 is 30.5. The topological polar surface area (TPSA) is 170 Å². The molecule has 9 nitrogen and oxygen atoms in total. The van der Waals surface area contributed by atoms with Gasteiger partial charge in [-0.3, -0.25) is 4.55 Å². The Labute approximate surface area is 91.8 Å². The predicted molar refractivity (Wildman–Crippen MR) is 51.6 cm³/mol. The van der Waals surface area contributed by atoms with Crippen LogP contribution in [0.5, 0.6) is 0 Å². The number of aliphatic hydroxyl groups excluding tert-OH is 3. The average molecular weight is 258 g/mol. The Kier molecular flexibility index (Phi) is 5.96. The van der Waals surface area contributed by atoms with Gasteiger partial charge in [-0.15, -0.1) is 0 Å². The van der Waals surface area contributed by atoms with E-state index in [1.807, 2.05) is 0 Å². The molecule has 4 atom stereocenters. The summed E-state index contributed by atoms with van der Waals surface area (Å²) in [4.78, 5) is 10.4. The monoisotopic (exact) mass is 258 g/mol. The second kappa shape index (κ2) is 6.20. The summed E-state index contributed by atoms with van der Waals surface area (Å²) in [6.07, 6.45) is -3.64. The molecule has 0 saturated carbocycles. The van der Waals surface area contributed by atoms with Crippen LogP contribution in [0.25, 0.3) is 0 Å². The van der Waals surface area contributed by atoms with Gasteiger partial charge in [-0.25, -0.2) is 0 Å². The summed E-state index contributed by atoms with van der Waals surface area (Å²) in [5.41, 5.74) is 5.16. The first-order chi connectivity index (χ1) is 7.22. The second-order valence-corrected chi connectivity index (χ2v) is 4.27. The molecule has 0 bridgehead atoms. The van der Waals surface area contributed by atoms with Gasteiger partial charge in [0.2, 0.25) is 0 Å². The zero-order valence-corrected chi connectivity index (χ0v) is 8.91. The van der Waals surface area contributed by atoms with E-state index < -0.39 is 41.2 Å². The third kappa shape index (κ3) is 4.94. The number of hydrogen-bond acceptors (Lipinski definition) is 7. The summed E-state index contributed by atoms with van der Waals surface area (Å²) in [6.45, 7) is -0.671. The number of hydrogen-bond donors (Lipinski definition) is 6. The van der Waals surface area contributed by atoms with Gasteiger partial charge in [-0.05, 0) is 0 Å². The maximum atomic E-state index is 10.4. The molecular formula is C6H14N2O7S. The molecule has 0 heterocycles. The molecule has 10 heteroatoms. The van der Waals surface area contributed by atoms with Gasteiger partial charge in [0.1, 0.15) is 18.4 Å². The van der Waals surface area contributed by atoms with Crippen LogP contribution in [-0.4, -0.2) is 65.5 Å². The zero-order valence-electron chi connectivity index (χ0n) is 8.09. The molecule has 0 aliphatic heterocycles. The molecule has 0 aromatic rings. The number of aliphatic hydroxyl groups is 3. The highest BCUT2D eigenvalue weighted by atomic mass is 32.2. The van der Waals surface area contributed by atoms with Crippen LogP contribution in [0.15, 0.2) is 0 Å². The average Bonchev–Trinajstić information content (AvgIpc) is 2.21. The van der Waals surface area contributed by atoms with E-state index in [0.29, 0.717) is 0 Å².